The molecule has 0 bridgehead atoms. The molecule has 4 rings (SSSR count). The van der Waals surface area contributed by atoms with Gasteiger partial charge in [-0.3, -0.25) is 4.79 Å². The van der Waals surface area contributed by atoms with Gasteiger partial charge in [0.05, 0.1) is 12.2 Å². The first kappa shape index (κ1) is 25.6. The summed E-state index contributed by atoms with van der Waals surface area (Å²) < 4.78 is 45.2. The number of hydrogen-bond donors (Lipinski definition) is 0. The maximum atomic E-state index is 13.2. The summed E-state index contributed by atoms with van der Waals surface area (Å²) in [5, 5.41) is 0. The Kier molecular flexibility index (Phi) is 7.88. The first-order valence-corrected chi connectivity index (χ1v) is 11.9. The van der Waals surface area contributed by atoms with Crippen molar-refractivity contribution < 1.29 is 22.7 Å². The Balaban J connectivity index is 1.41. The summed E-state index contributed by atoms with van der Waals surface area (Å²) >= 11 is 0. The molecule has 36 heavy (non-hydrogen) atoms. The monoisotopic (exact) mass is 498 g/mol. The number of aromatic nitrogens is 2. The Morgan fingerprint density at radius 1 is 0.944 bits per heavy atom. The van der Waals surface area contributed by atoms with E-state index in [9.17, 15) is 18.0 Å². The molecular weight excluding hydrogens is 469 g/mol. The van der Waals surface area contributed by atoms with Crippen LogP contribution in [0.2, 0.25) is 0 Å². The molecule has 1 aromatic heterocycles. The highest BCUT2D eigenvalue weighted by Gasteiger charge is 2.31. The molecule has 1 saturated heterocycles. The van der Waals surface area contributed by atoms with E-state index in [0.29, 0.717) is 50.0 Å². The van der Waals surface area contributed by atoms with Crippen LogP contribution in [0.4, 0.5) is 19.0 Å². The summed E-state index contributed by atoms with van der Waals surface area (Å²) in [6, 6.07) is 15.0. The van der Waals surface area contributed by atoms with E-state index in [4.69, 9.17) is 4.74 Å². The summed E-state index contributed by atoms with van der Waals surface area (Å²) in [6.45, 7) is 6.20. The lowest BCUT2D eigenvalue weighted by molar-refractivity contribution is -0.138. The summed E-state index contributed by atoms with van der Waals surface area (Å²) in [7, 11) is 0. The number of amides is 1. The third-order valence-electron chi connectivity index (χ3n) is 6.21. The molecular formula is C27H29F3N4O2. The van der Waals surface area contributed by atoms with E-state index in [0.717, 1.165) is 22.9 Å². The predicted molar refractivity (Wildman–Crippen MR) is 131 cm³/mol. The zero-order chi connectivity index (χ0) is 25.7. The molecule has 6 nitrogen and oxygen atoms in total. The van der Waals surface area contributed by atoms with Crippen LogP contribution in [0, 0.1) is 13.8 Å². The number of anilines is 1. The summed E-state index contributed by atoms with van der Waals surface area (Å²) in [5.74, 6) is 1.25. The number of nitrogens with zero attached hydrogens (tertiary/aromatic N) is 4. The minimum absolute atomic E-state index is 0.0153. The van der Waals surface area contributed by atoms with Gasteiger partial charge in [-0.1, -0.05) is 48.5 Å². The minimum atomic E-state index is -4.40. The highest BCUT2D eigenvalue weighted by molar-refractivity contribution is 5.77. The number of piperazine rings is 1. The third-order valence-corrected chi connectivity index (χ3v) is 6.21. The van der Waals surface area contributed by atoms with E-state index < -0.39 is 11.7 Å². The Labute approximate surface area is 208 Å². The number of ether oxygens (including phenoxy) is 1. The number of carbonyl (C=O) groups is 1. The van der Waals surface area contributed by atoms with Crippen LogP contribution in [0.1, 0.15) is 33.8 Å². The molecule has 190 valence electrons. The predicted octanol–water partition coefficient (Wildman–Crippen LogP) is 4.57. The second kappa shape index (κ2) is 11.1. The second-order valence-electron chi connectivity index (χ2n) is 8.88. The third kappa shape index (κ3) is 6.40. The van der Waals surface area contributed by atoms with Gasteiger partial charge in [0.25, 0.3) is 0 Å². The van der Waals surface area contributed by atoms with Crippen LogP contribution in [0.5, 0.6) is 0 Å². The minimum Gasteiger partial charge on any atom is -0.367 e. The maximum Gasteiger partial charge on any atom is 0.416 e. The van der Waals surface area contributed by atoms with Gasteiger partial charge in [-0.15, -0.1) is 0 Å². The highest BCUT2D eigenvalue weighted by Crippen LogP contribution is 2.31. The molecule has 1 fully saturated rings. The van der Waals surface area contributed by atoms with Gasteiger partial charge in [0.2, 0.25) is 5.91 Å². The van der Waals surface area contributed by atoms with E-state index in [2.05, 4.69) is 14.9 Å². The molecule has 9 heteroatoms. The Bertz CT molecular complexity index is 1190. The Morgan fingerprint density at radius 2 is 1.64 bits per heavy atom. The van der Waals surface area contributed by atoms with Crippen molar-refractivity contribution in [2.24, 2.45) is 0 Å². The molecule has 0 atom stereocenters. The molecule has 1 aliphatic heterocycles. The van der Waals surface area contributed by atoms with Crippen molar-refractivity contribution in [1.82, 2.24) is 14.9 Å². The van der Waals surface area contributed by atoms with Crippen molar-refractivity contribution in [3.05, 3.63) is 88.4 Å². The smallest absolute Gasteiger partial charge is 0.367 e. The molecule has 3 aromatic rings. The van der Waals surface area contributed by atoms with E-state index in [1.807, 2.05) is 37.3 Å². The van der Waals surface area contributed by atoms with Crippen LogP contribution in [0.25, 0.3) is 0 Å². The zero-order valence-electron chi connectivity index (χ0n) is 20.4. The van der Waals surface area contributed by atoms with Crippen molar-refractivity contribution >= 4 is 11.7 Å². The molecule has 1 aliphatic rings. The van der Waals surface area contributed by atoms with E-state index in [1.54, 1.807) is 17.9 Å². The summed E-state index contributed by atoms with van der Waals surface area (Å²) in [4.78, 5) is 25.6. The zero-order valence-corrected chi connectivity index (χ0v) is 20.4. The van der Waals surface area contributed by atoms with E-state index >= 15 is 0 Å². The van der Waals surface area contributed by atoms with Crippen LogP contribution in [-0.4, -0.2) is 53.6 Å². The summed E-state index contributed by atoms with van der Waals surface area (Å²) in [5.41, 5.74) is 2.42. The maximum absolute atomic E-state index is 13.2. The first-order chi connectivity index (χ1) is 17.2. The van der Waals surface area contributed by atoms with Crippen molar-refractivity contribution in [2.75, 3.05) is 37.7 Å². The van der Waals surface area contributed by atoms with Gasteiger partial charge in [-0.25, -0.2) is 9.97 Å². The van der Waals surface area contributed by atoms with Gasteiger partial charge in [0, 0.05) is 43.9 Å². The van der Waals surface area contributed by atoms with Gasteiger partial charge in [0.15, 0.2) is 0 Å². The largest absolute Gasteiger partial charge is 0.416 e. The van der Waals surface area contributed by atoms with Crippen molar-refractivity contribution in [2.45, 2.75) is 33.1 Å². The fourth-order valence-electron chi connectivity index (χ4n) is 4.34. The molecule has 0 saturated carbocycles. The number of halogens is 3. The molecule has 0 aliphatic carbocycles. The lowest BCUT2D eigenvalue weighted by Crippen LogP contribution is -2.50. The SMILES string of the molecule is Cc1nc(C)c(Cc2cccc(C(F)(F)F)c2)c(N2CCN(C(=O)COCc3ccccc3)CC2)n1. The fraction of sp³-hybridized carbons (Fsp3) is 0.370. The van der Waals surface area contributed by atoms with E-state index in [1.165, 1.54) is 12.1 Å². The standard InChI is InChI=1S/C27H29F3N4O2/c1-19-24(16-22-9-6-10-23(15-22)27(28,29)30)26(32-20(2)31-19)34-13-11-33(12-14-34)25(35)18-36-17-21-7-4-3-5-8-21/h3-10,15H,11-14,16-18H2,1-2H3. The number of aryl methyl sites for hydroxylation is 2. The fourth-order valence-corrected chi connectivity index (χ4v) is 4.34. The first-order valence-electron chi connectivity index (χ1n) is 11.9. The van der Waals surface area contributed by atoms with Crippen LogP contribution < -0.4 is 4.90 Å². The molecule has 0 spiro atoms. The molecule has 0 radical (unpaired) electrons. The molecule has 2 aromatic carbocycles. The van der Waals surface area contributed by atoms with Gasteiger partial charge in [0.1, 0.15) is 18.2 Å². The number of benzene rings is 2. The van der Waals surface area contributed by atoms with Gasteiger partial charge < -0.3 is 14.5 Å². The lowest BCUT2D eigenvalue weighted by atomic mass is 10.0. The normalized spacial score (nSPS) is 14.2. The van der Waals surface area contributed by atoms with Crippen LogP contribution in [-0.2, 0) is 28.7 Å². The van der Waals surface area contributed by atoms with Gasteiger partial charge in [-0.2, -0.15) is 13.2 Å². The lowest BCUT2D eigenvalue weighted by Gasteiger charge is -2.36. The number of hydrogen-bond acceptors (Lipinski definition) is 5. The molecule has 0 unspecified atom stereocenters. The number of carbonyl (C=O) groups excluding carboxylic acids is 1. The van der Waals surface area contributed by atoms with Gasteiger partial charge in [-0.05, 0) is 31.0 Å². The van der Waals surface area contributed by atoms with Crippen LogP contribution in [0.15, 0.2) is 54.6 Å². The number of rotatable bonds is 7. The molecule has 2 heterocycles. The van der Waals surface area contributed by atoms with Crippen molar-refractivity contribution in [3.8, 4) is 0 Å². The number of alkyl halides is 3. The topological polar surface area (TPSA) is 58.6 Å². The Morgan fingerprint density at radius 3 is 2.33 bits per heavy atom. The highest BCUT2D eigenvalue weighted by atomic mass is 19.4. The average molecular weight is 499 g/mol. The van der Waals surface area contributed by atoms with Crippen LogP contribution in [0.3, 0.4) is 0 Å². The second-order valence-corrected chi connectivity index (χ2v) is 8.88. The van der Waals surface area contributed by atoms with E-state index in [-0.39, 0.29) is 18.9 Å². The van der Waals surface area contributed by atoms with Gasteiger partial charge >= 0.3 is 6.18 Å². The van der Waals surface area contributed by atoms with Crippen molar-refractivity contribution in [1.29, 1.82) is 0 Å². The quantitative estimate of drug-likeness (QED) is 0.478. The average Bonchev–Trinajstić information content (AvgIpc) is 2.86. The molecule has 0 N–H and O–H groups in total. The van der Waals surface area contributed by atoms with Crippen molar-refractivity contribution in [3.63, 3.8) is 0 Å². The van der Waals surface area contributed by atoms with Crippen LogP contribution >= 0.6 is 0 Å². The summed E-state index contributed by atoms with van der Waals surface area (Å²) in [6.07, 6.45) is -4.11. The Hall–Kier alpha value is -3.46. The molecule has 1 amide bonds.